The van der Waals surface area contributed by atoms with Crippen LogP contribution in [-0.2, 0) is 0 Å². The first-order chi connectivity index (χ1) is 5.52. The van der Waals surface area contributed by atoms with Gasteiger partial charge < -0.3 is 16.6 Å². The maximum atomic E-state index is 9.67. The topological polar surface area (TPSA) is 72.3 Å². The minimum Gasteiger partial charge on any atom is -0.391 e. The molecule has 0 amide bonds. The third-order valence-electron chi connectivity index (χ3n) is 2.51. The van der Waals surface area contributed by atoms with E-state index < -0.39 is 0 Å². The van der Waals surface area contributed by atoms with Gasteiger partial charge >= 0.3 is 0 Å². The van der Waals surface area contributed by atoms with Crippen LogP contribution in [0.4, 0.5) is 0 Å². The summed E-state index contributed by atoms with van der Waals surface area (Å²) in [5.41, 5.74) is 11.4. The third-order valence-corrected chi connectivity index (χ3v) is 2.51. The Morgan fingerprint density at radius 2 is 2.00 bits per heavy atom. The van der Waals surface area contributed by atoms with Crippen LogP contribution in [0.3, 0.4) is 0 Å². The summed E-state index contributed by atoms with van der Waals surface area (Å²) in [5, 5.41) is 9.67. The van der Waals surface area contributed by atoms with Crippen LogP contribution in [-0.4, -0.2) is 23.3 Å². The molecular weight excluding hydrogens is 152 g/mol. The van der Waals surface area contributed by atoms with Gasteiger partial charge in [-0.1, -0.05) is 13.8 Å². The van der Waals surface area contributed by atoms with Crippen molar-refractivity contribution >= 4 is 0 Å². The van der Waals surface area contributed by atoms with Gasteiger partial charge in [0.15, 0.2) is 0 Å². The van der Waals surface area contributed by atoms with Crippen molar-refractivity contribution in [3.8, 4) is 0 Å². The van der Waals surface area contributed by atoms with E-state index in [2.05, 4.69) is 13.8 Å². The second-order valence-electron chi connectivity index (χ2n) is 4.35. The number of aliphatic hydroxyl groups excluding tert-OH is 1. The Bertz CT molecular complexity index is 149. The zero-order chi connectivity index (χ0) is 9.30. The first-order valence-corrected chi connectivity index (χ1v) is 4.71. The van der Waals surface area contributed by atoms with Crippen LogP contribution in [0.15, 0.2) is 0 Å². The van der Waals surface area contributed by atoms with Crippen molar-refractivity contribution in [1.82, 2.24) is 0 Å². The SMILES string of the molecule is CC(C)C[C@H](N)C(O)C1CC1N. The van der Waals surface area contributed by atoms with E-state index in [9.17, 15) is 5.11 Å². The molecule has 0 spiro atoms. The highest BCUT2D eigenvalue weighted by atomic mass is 16.3. The normalized spacial score (nSPS) is 33.5. The van der Waals surface area contributed by atoms with Gasteiger partial charge in [0.05, 0.1) is 6.10 Å². The van der Waals surface area contributed by atoms with E-state index in [0.29, 0.717) is 5.92 Å². The Kier molecular flexibility index (Phi) is 3.09. The van der Waals surface area contributed by atoms with Gasteiger partial charge in [-0.3, -0.25) is 0 Å². The van der Waals surface area contributed by atoms with Gasteiger partial charge in [-0.15, -0.1) is 0 Å². The maximum Gasteiger partial charge on any atom is 0.0734 e. The van der Waals surface area contributed by atoms with Crippen LogP contribution < -0.4 is 11.5 Å². The molecule has 72 valence electrons. The Morgan fingerprint density at radius 3 is 2.33 bits per heavy atom. The van der Waals surface area contributed by atoms with E-state index in [4.69, 9.17) is 11.5 Å². The predicted octanol–water partition coefficient (Wildman–Crippen LogP) is 0.0679. The second kappa shape index (κ2) is 3.73. The molecule has 1 saturated carbocycles. The Hall–Kier alpha value is -0.120. The number of hydrogen-bond donors (Lipinski definition) is 3. The van der Waals surface area contributed by atoms with Crippen molar-refractivity contribution in [2.24, 2.45) is 23.3 Å². The maximum absolute atomic E-state index is 9.67. The summed E-state index contributed by atoms with van der Waals surface area (Å²) in [4.78, 5) is 0. The molecule has 3 unspecified atom stereocenters. The summed E-state index contributed by atoms with van der Waals surface area (Å²) in [6.07, 6.45) is 1.43. The minimum atomic E-state index is -0.387. The lowest BCUT2D eigenvalue weighted by atomic mass is 9.97. The van der Waals surface area contributed by atoms with Crippen molar-refractivity contribution in [3.63, 3.8) is 0 Å². The van der Waals surface area contributed by atoms with Crippen molar-refractivity contribution < 1.29 is 5.11 Å². The average molecular weight is 172 g/mol. The molecule has 0 bridgehead atoms. The van der Waals surface area contributed by atoms with Crippen molar-refractivity contribution in [2.75, 3.05) is 0 Å². The molecule has 4 atom stereocenters. The second-order valence-corrected chi connectivity index (χ2v) is 4.35. The number of hydrogen-bond acceptors (Lipinski definition) is 3. The van der Waals surface area contributed by atoms with Gasteiger partial charge in [0.2, 0.25) is 0 Å². The van der Waals surface area contributed by atoms with Crippen LogP contribution in [0.5, 0.6) is 0 Å². The van der Waals surface area contributed by atoms with Crippen LogP contribution in [0.1, 0.15) is 26.7 Å². The Labute approximate surface area is 74.1 Å². The fourth-order valence-electron chi connectivity index (χ4n) is 1.63. The van der Waals surface area contributed by atoms with Gasteiger partial charge in [-0.2, -0.15) is 0 Å². The third kappa shape index (κ3) is 2.44. The highest BCUT2D eigenvalue weighted by molar-refractivity contribution is 4.98. The van der Waals surface area contributed by atoms with E-state index in [0.717, 1.165) is 12.8 Å². The highest BCUT2D eigenvalue weighted by Gasteiger charge is 2.41. The number of rotatable bonds is 4. The molecule has 0 aromatic rings. The summed E-state index contributed by atoms with van der Waals surface area (Å²) in [7, 11) is 0. The smallest absolute Gasteiger partial charge is 0.0734 e. The van der Waals surface area contributed by atoms with Crippen LogP contribution in [0.25, 0.3) is 0 Å². The monoisotopic (exact) mass is 172 g/mol. The first kappa shape index (κ1) is 9.96. The first-order valence-electron chi connectivity index (χ1n) is 4.71. The van der Waals surface area contributed by atoms with E-state index in [-0.39, 0.29) is 24.1 Å². The summed E-state index contributed by atoms with van der Waals surface area (Å²) < 4.78 is 0. The van der Waals surface area contributed by atoms with Crippen LogP contribution in [0, 0.1) is 11.8 Å². The summed E-state index contributed by atoms with van der Waals surface area (Å²) in [6, 6.07) is 0.0989. The molecular formula is C9H20N2O. The molecule has 0 aromatic carbocycles. The lowest BCUT2D eigenvalue weighted by Gasteiger charge is -2.20. The Morgan fingerprint density at radius 1 is 1.50 bits per heavy atom. The summed E-state index contributed by atoms with van der Waals surface area (Å²) >= 11 is 0. The Balaban J connectivity index is 2.26. The van der Waals surface area contributed by atoms with Gasteiger partial charge in [-0.25, -0.2) is 0 Å². The molecule has 3 heteroatoms. The lowest BCUT2D eigenvalue weighted by molar-refractivity contribution is 0.111. The molecule has 3 nitrogen and oxygen atoms in total. The molecule has 5 N–H and O–H groups in total. The highest BCUT2D eigenvalue weighted by Crippen LogP contribution is 2.33. The summed E-state index contributed by atoms with van der Waals surface area (Å²) in [6.45, 7) is 4.22. The molecule has 0 saturated heterocycles. The van der Waals surface area contributed by atoms with Gasteiger partial charge in [0, 0.05) is 18.0 Å². The van der Waals surface area contributed by atoms with E-state index in [1.54, 1.807) is 0 Å². The van der Waals surface area contributed by atoms with Crippen molar-refractivity contribution in [1.29, 1.82) is 0 Å². The molecule has 1 aliphatic carbocycles. The number of aliphatic hydroxyl groups is 1. The fourth-order valence-corrected chi connectivity index (χ4v) is 1.63. The standard InChI is InChI=1S/C9H20N2O/c1-5(2)3-8(11)9(12)6-4-7(6)10/h5-9,12H,3-4,10-11H2,1-2H3/t6?,7?,8-,9?/m0/s1. The molecule has 0 radical (unpaired) electrons. The van der Waals surface area contributed by atoms with Gasteiger partial charge in [0.1, 0.15) is 0 Å². The molecule has 0 heterocycles. The minimum absolute atomic E-state index is 0.0939. The van der Waals surface area contributed by atoms with Crippen molar-refractivity contribution in [3.05, 3.63) is 0 Å². The van der Waals surface area contributed by atoms with Crippen LogP contribution >= 0.6 is 0 Å². The van der Waals surface area contributed by atoms with E-state index in [1.165, 1.54) is 0 Å². The average Bonchev–Trinajstić information content (AvgIpc) is 2.64. The predicted molar refractivity (Wildman–Crippen MR) is 49.5 cm³/mol. The van der Waals surface area contributed by atoms with E-state index in [1.807, 2.05) is 0 Å². The molecule has 1 fully saturated rings. The largest absolute Gasteiger partial charge is 0.391 e. The number of nitrogens with two attached hydrogens (primary N) is 2. The zero-order valence-corrected chi connectivity index (χ0v) is 7.90. The molecule has 1 rings (SSSR count). The molecule has 0 aromatic heterocycles. The van der Waals surface area contributed by atoms with Gasteiger partial charge in [-0.05, 0) is 18.8 Å². The molecule has 1 aliphatic rings. The van der Waals surface area contributed by atoms with Crippen LogP contribution in [0.2, 0.25) is 0 Å². The summed E-state index contributed by atoms with van der Waals surface area (Å²) in [5.74, 6) is 0.809. The molecule has 0 aliphatic heterocycles. The molecule has 12 heavy (non-hydrogen) atoms. The van der Waals surface area contributed by atoms with E-state index >= 15 is 0 Å². The van der Waals surface area contributed by atoms with Gasteiger partial charge in [0.25, 0.3) is 0 Å². The fraction of sp³-hybridized carbons (Fsp3) is 1.00. The van der Waals surface area contributed by atoms with Crippen molar-refractivity contribution in [2.45, 2.75) is 44.9 Å². The lowest BCUT2D eigenvalue weighted by Crippen LogP contribution is -2.38. The quantitative estimate of drug-likeness (QED) is 0.562. The zero-order valence-electron chi connectivity index (χ0n) is 7.90.